The number of carboxylic acids is 1. The van der Waals surface area contributed by atoms with Crippen LogP contribution in [0.3, 0.4) is 0 Å². The van der Waals surface area contributed by atoms with Crippen LogP contribution in [0.15, 0.2) is 10.5 Å². The molecule has 0 unspecified atom stereocenters. The topological polar surface area (TPSA) is 57.6 Å². The molecule has 0 aromatic rings. The summed E-state index contributed by atoms with van der Waals surface area (Å²) in [6, 6.07) is 0. The van der Waals surface area contributed by atoms with Gasteiger partial charge in [-0.25, -0.2) is 0 Å². The first-order chi connectivity index (χ1) is 7.97. The van der Waals surface area contributed by atoms with Crippen LogP contribution in [0, 0.1) is 0 Å². The quantitative estimate of drug-likeness (QED) is 0.478. The maximum Gasteiger partial charge on any atom is 0.323 e. The van der Waals surface area contributed by atoms with Gasteiger partial charge in [0.1, 0.15) is 10.9 Å². The maximum absolute atomic E-state index is 11.9. The van der Waals surface area contributed by atoms with Crippen molar-refractivity contribution in [3.05, 3.63) is 10.5 Å². The van der Waals surface area contributed by atoms with Crippen LogP contribution in [0.25, 0.3) is 0 Å². The number of allylic oxidation sites excluding steroid dienone is 1. The average molecular weight is 294 g/mol. The molecule has 0 aromatic carbocycles. The van der Waals surface area contributed by atoms with E-state index in [1.54, 1.807) is 0 Å². The predicted molar refractivity (Wildman–Crippen MR) is 72.2 cm³/mol. The van der Waals surface area contributed by atoms with Crippen molar-refractivity contribution in [3.63, 3.8) is 0 Å². The van der Waals surface area contributed by atoms with E-state index in [1.165, 1.54) is 0 Å². The van der Waals surface area contributed by atoms with Gasteiger partial charge in [-0.1, -0.05) is 29.6 Å². The molecule has 1 fully saturated rings. The third kappa shape index (κ3) is 3.69. The fraction of sp³-hybridized carbons (Fsp3) is 0.500. The number of thioether (sulfide) groups is 1. The van der Waals surface area contributed by atoms with Gasteiger partial charge in [-0.3, -0.25) is 14.5 Å². The number of hydrogen-bond acceptors (Lipinski definition) is 4. The van der Waals surface area contributed by atoms with Gasteiger partial charge >= 0.3 is 5.97 Å². The van der Waals surface area contributed by atoms with Crippen molar-refractivity contribution in [3.8, 4) is 0 Å². The van der Waals surface area contributed by atoms with Crippen molar-refractivity contribution in [1.82, 2.24) is 4.90 Å². The number of thiocarbonyl (C=S) groups is 1. The number of aliphatic carboxylic acids is 1. The van der Waals surface area contributed by atoms with Crippen molar-refractivity contribution in [2.24, 2.45) is 0 Å². The van der Waals surface area contributed by atoms with Crippen LogP contribution in [0.4, 0.5) is 0 Å². The number of hydrogen-bond donors (Lipinski definition) is 1. The first-order valence-electron chi connectivity index (χ1n) is 4.98. The lowest BCUT2D eigenvalue weighted by molar-refractivity contribution is -0.140. The second kappa shape index (κ2) is 6.37. The van der Waals surface area contributed by atoms with Gasteiger partial charge in [0, 0.05) is 5.88 Å². The second-order valence-corrected chi connectivity index (χ2v) is 5.58. The van der Waals surface area contributed by atoms with Gasteiger partial charge in [-0.05, 0) is 19.8 Å². The lowest BCUT2D eigenvalue weighted by atomic mass is 10.1. The molecule has 0 radical (unpaired) electrons. The highest BCUT2D eigenvalue weighted by Crippen LogP contribution is 2.34. The molecular weight excluding hydrogens is 282 g/mol. The highest BCUT2D eigenvalue weighted by Gasteiger charge is 2.34. The van der Waals surface area contributed by atoms with E-state index in [-0.39, 0.29) is 12.5 Å². The summed E-state index contributed by atoms with van der Waals surface area (Å²) in [5.41, 5.74) is 0.913. The minimum absolute atomic E-state index is 0.303. The number of halogens is 1. The number of nitrogens with zero attached hydrogens (tertiary/aromatic N) is 1. The standard InChI is InChI=1S/C10H12ClNO3S2/c1-6(3-2-4-11)8-9(15)12(5-7(13)14)10(16)17-8/h2-5H2,1H3,(H,13,14). The molecule has 17 heavy (non-hydrogen) atoms. The molecule has 1 rings (SSSR count). The summed E-state index contributed by atoms with van der Waals surface area (Å²) in [5.74, 6) is -0.845. The summed E-state index contributed by atoms with van der Waals surface area (Å²) in [6.45, 7) is 1.47. The summed E-state index contributed by atoms with van der Waals surface area (Å²) in [7, 11) is 0. The van der Waals surface area contributed by atoms with Gasteiger partial charge in [0.15, 0.2) is 0 Å². The Morgan fingerprint density at radius 2 is 2.24 bits per heavy atom. The van der Waals surface area contributed by atoms with Crippen LogP contribution in [0.5, 0.6) is 0 Å². The Balaban J connectivity index is 2.83. The lowest BCUT2D eigenvalue weighted by Gasteiger charge is -2.10. The van der Waals surface area contributed by atoms with E-state index in [1.807, 2.05) is 6.92 Å². The Bertz CT molecular complexity index is 395. The zero-order chi connectivity index (χ0) is 13.0. The van der Waals surface area contributed by atoms with E-state index in [2.05, 4.69) is 0 Å². The molecule has 1 aliphatic heterocycles. The molecule has 4 nitrogen and oxygen atoms in total. The van der Waals surface area contributed by atoms with Crippen molar-refractivity contribution in [2.45, 2.75) is 19.8 Å². The maximum atomic E-state index is 11.9. The molecule has 1 N–H and O–H groups in total. The zero-order valence-corrected chi connectivity index (χ0v) is 11.6. The molecule has 1 saturated heterocycles. The molecule has 0 spiro atoms. The molecule has 1 amide bonds. The molecule has 0 atom stereocenters. The van der Waals surface area contributed by atoms with Crippen molar-refractivity contribution in [2.75, 3.05) is 12.4 Å². The molecular formula is C10H12ClNO3S2. The third-order valence-corrected chi connectivity index (χ3v) is 4.08. The van der Waals surface area contributed by atoms with Crippen LogP contribution in [0.1, 0.15) is 19.8 Å². The second-order valence-electron chi connectivity index (χ2n) is 3.55. The molecule has 1 aliphatic rings. The van der Waals surface area contributed by atoms with Gasteiger partial charge in [-0.15, -0.1) is 11.6 Å². The fourth-order valence-corrected chi connectivity index (χ4v) is 2.82. The monoisotopic (exact) mass is 293 g/mol. The first kappa shape index (κ1) is 14.5. The number of rotatable bonds is 5. The number of carbonyl (C=O) groups excluding carboxylic acids is 1. The molecule has 0 aromatic heterocycles. The summed E-state index contributed by atoms with van der Waals surface area (Å²) < 4.78 is 0.303. The van der Waals surface area contributed by atoms with E-state index in [9.17, 15) is 9.59 Å². The normalized spacial score (nSPS) is 18.8. The Morgan fingerprint density at radius 1 is 1.59 bits per heavy atom. The molecule has 94 valence electrons. The number of carbonyl (C=O) groups is 2. The minimum atomic E-state index is -1.07. The zero-order valence-electron chi connectivity index (χ0n) is 9.23. The van der Waals surface area contributed by atoms with Crippen molar-refractivity contribution < 1.29 is 14.7 Å². The van der Waals surface area contributed by atoms with Crippen molar-refractivity contribution in [1.29, 1.82) is 0 Å². The van der Waals surface area contributed by atoms with Gasteiger partial charge in [0.05, 0.1) is 4.91 Å². The number of alkyl halides is 1. The molecule has 1 heterocycles. The van der Waals surface area contributed by atoms with Crippen LogP contribution in [-0.2, 0) is 9.59 Å². The first-order valence-corrected chi connectivity index (χ1v) is 6.74. The van der Waals surface area contributed by atoms with Gasteiger partial charge in [0.2, 0.25) is 0 Å². The summed E-state index contributed by atoms with van der Waals surface area (Å²) in [4.78, 5) is 24.2. The third-order valence-electron chi connectivity index (χ3n) is 2.22. The van der Waals surface area contributed by atoms with E-state index in [0.717, 1.165) is 35.1 Å². The smallest absolute Gasteiger partial charge is 0.323 e. The lowest BCUT2D eigenvalue weighted by Crippen LogP contribution is -2.33. The summed E-state index contributed by atoms with van der Waals surface area (Å²) in [5, 5.41) is 8.68. The Labute approximate surface area is 114 Å². The summed E-state index contributed by atoms with van der Waals surface area (Å²) in [6.07, 6.45) is 1.51. The van der Waals surface area contributed by atoms with Gasteiger partial charge in [-0.2, -0.15) is 0 Å². The SMILES string of the molecule is CC(CCCCl)=C1SC(=S)N(CC(=O)O)C1=O. The summed E-state index contributed by atoms with van der Waals surface area (Å²) >= 11 is 11.7. The minimum Gasteiger partial charge on any atom is -0.480 e. The predicted octanol–water partition coefficient (Wildman–Crippen LogP) is 2.22. The number of carboxylic acid groups (broad SMARTS) is 1. The van der Waals surface area contributed by atoms with E-state index in [4.69, 9.17) is 28.9 Å². The van der Waals surface area contributed by atoms with E-state index in [0.29, 0.717) is 15.1 Å². The highest BCUT2D eigenvalue weighted by molar-refractivity contribution is 8.26. The number of amides is 1. The molecule has 7 heteroatoms. The van der Waals surface area contributed by atoms with Crippen LogP contribution in [0.2, 0.25) is 0 Å². The molecule has 0 saturated carbocycles. The van der Waals surface area contributed by atoms with Crippen LogP contribution in [-0.4, -0.2) is 38.6 Å². The van der Waals surface area contributed by atoms with Gasteiger partial charge < -0.3 is 5.11 Å². The Morgan fingerprint density at radius 3 is 2.76 bits per heavy atom. The van der Waals surface area contributed by atoms with E-state index >= 15 is 0 Å². The average Bonchev–Trinajstić information content (AvgIpc) is 2.53. The Kier molecular flexibility index (Phi) is 5.42. The highest BCUT2D eigenvalue weighted by atomic mass is 35.5. The van der Waals surface area contributed by atoms with E-state index < -0.39 is 5.97 Å². The van der Waals surface area contributed by atoms with Crippen molar-refractivity contribution >= 4 is 51.8 Å². The fourth-order valence-electron chi connectivity index (χ4n) is 1.38. The Hall–Kier alpha value is -0.590. The molecule has 0 bridgehead atoms. The van der Waals surface area contributed by atoms with Gasteiger partial charge in [0.25, 0.3) is 5.91 Å². The van der Waals surface area contributed by atoms with Crippen LogP contribution < -0.4 is 0 Å². The largest absolute Gasteiger partial charge is 0.480 e. The molecule has 0 aliphatic carbocycles. The van der Waals surface area contributed by atoms with Crippen LogP contribution >= 0.6 is 35.6 Å².